The topological polar surface area (TPSA) is 82.2 Å². The van der Waals surface area contributed by atoms with Gasteiger partial charge in [0.05, 0.1) is 11.9 Å². The molecule has 0 aliphatic heterocycles. The van der Waals surface area contributed by atoms with Crippen molar-refractivity contribution in [2.24, 2.45) is 0 Å². The molecule has 0 saturated carbocycles. The molecule has 37 heavy (non-hydrogen) atoms. The molecule has 0 saturated heterocycles. The zero-order chi connectivity index (χ0) is 26.5. The number of hydrogen-bond acceptors (Lipinski definition) is 2. The first-order chi connectivity index (χ1) is 17.8. The van der Waals surface area contributed by atoms with Crippen molar-refractivity contribution in [2.75, 3.05) is 6.54 Å². The van der Waals surface area contributed by atoms with Gasteiger partial charge in [0.1, 0.15) is 5.82 Å². The first-order valence-electron chi connectivity index (χ1n) is 12.4. The standard InChI is InChI=1S/C30H30ClFN2O3/c1-3-5-23(19-8-10-20(11-9-19)30(37)33-13-12-27(35)36)28(21-6-4-7-22(31)16-21)25-17-34-29-24(25)14-18(2)15-26(29)32/h4,6-11,14-17,23,28,34H,3,5,12-13H2,1-2H3,(H,33,37)(H,35,36). The Bertz CT molecular complexity index is 1410. The average molecular weight is 521 g/mol. The molecule has 0 aliphatic carbocycles. The van der Waals surface area contributed by atoms with Gasteiger partial charge in [-0.05, 0) is 77.9 Å². The number of carboxylic acids is 1. The Balaban J connectivity index is 1.76. The summed E-state index contributed by atoms with van der Waals surface area (Å²) in [6.45, 7) is 4.09. The molecule has 192 valence electrons. The number of aromatic amines is 1. The van der Waals surface area contributed by atoms with Gasteiger partial charge in [-0.2, -0.15) is 0 Å². The van der Waals surface area contributed by atoms with Gasteiger partial charge in [0.15, 0.2) is 0 Å². The molecule has 3 aromatic carbocycles. The second-order valence-corrected chi connectivity index (χ2v) is 9.80. The molecule has 0 bridgehead atoms. The summed E-state index contributed by atoms with van der Waals surface area (Å²) < 4.78 is 14.8. The first-order valence-corrected chi connectivity index (χ1v) is 12.8. The number of H-pyrrole nitrogens is 1. The Hall–Kier alpha value is -3.64. The maximum absolute atomic E-state index is 14.8. The Kier molecular flexibility index (Phi) is 8.29. The van der Waals surface area contributed by atoms with Gasteiger partial charge in [0.25, 0.3) is 5.91 Å². The Morgan fingerprint density at radius 3 is 2.51 bits per heavy atom. The van der Waals surface area contributed by atoms with Crippen molar-refractivity contribution >= 4 is 34.4 Å². The molecule has 7 heteroatoms. The third-order valence-electron chi connectivity index (χ3n) is 6.69. The molecule has 1 aromatic heterocycles. The number of fused-ring (bicyclic) bond motifs is 1. The van der Waals surface area contributed by atoms with E-state index in [1.54, 1.807) is 12.1 Å². The summed E-state index contributed by atoms with van der Waals surface area (Å²) in [6.07, 6.45) is 3.55. The monoisotopic (exact) mass is 520 g/mol. The minimum absolute atomic E-state index is 0.0372. The van der Waals surface area contributed by atoms with Crippen LogP contribution in [0, 0.1) is 12.7 Å². The van der Waals surface area contributed by atoms with E-state index in [0.29, 0.717) is 16.1 Å². The highest BCUT2D eigenvalue weighted by atomic mass is 35.5. The average Bonchev–Trinajstić information content (AvgIpc) is 3.27. The van der Waals surface area contributed by atoms with Crippen molar-refractivity contribution in [2.45, 2.75) is 44.9 Å². The first kappa shape index (κ1) is 26.4. The maximum Gasteiger partial charge on any atom is 0.305 e. The molecule has 5 nitrogen and oxygen atoms in total. The van der Waals surface area contributed by atoms with E-state index in [1.807, 2.05) is 49.5 Å². The second-order valence-electron chi connectivity index (χ2n) is 9.36. The van der Waals surface area contributed by atoms with E-state index in [-0.39, 0.29) is 36.5 Å². The van der Waals surface area contributed by atoms with Gasteiger partial charge < -0.3 is 15.4 Å². The van der Waals surface area contributed by atoms with Crippen molar-refractivity contribution in [3.05, 3.63) is 106 Å². The molecule has 0 fully saturated rings. The molecular formula is C30H30ClFN2O3. The van der Waals surface area contributed by atoms with Crippen LogP contribution in [0.3, 0.4) is 0 Å². The highest BCUT2D eigenvalue weighted by Gasteiger charge is 2.29. The molecule has 0 radical (unpaired) electrons. The zero-order valence-electron chi connectivity index (χ0n) is 20.9. The number of halogens is 2. The number of nitrogens with one attached hydrogen (secondary N) is 2. The number of hydrogen-bond donors (Lipinski definition) is 3. The van der Waals surface area contributed by atoms with Crippen LogP contribution in [0.25, 0.3) is 10.9 Å². The van der Waals surface area contributed by atoms with Crippen LogP contribution < -0.4 is 5.32 Å². The summed E-state index contributed by atoms with van der Waals surface area (Å²) in [5, 5.41) is 12.9. The number of aryl methyl sites for hydroxylation is 1. The highest BCUT2D eigenvalue weighted by Crippen LogP contribution is 2.44. The molecule has 1 amide bonds. The number of aliphatic carboxylic acids is 1. The van der Waals surface area contributed by atoms with Crippen LogP contribution in [0.2, 0.25) is 5.02 Å². The Morgan fingerprint density at radius 1 is 1.08 bits per heavy atom. The summed E-state index contributed by atoms with van der Waals surface area (Å²) in [5.41, 5.74) is 4.88. The number of rotatable bonds is 10. The van der Waals surface area contributed by atoms with E-state index in [4.69, 9.17) is 16.7 Å². The van der Waals surface area contributed by atoms with Crippen LogP contribution in [0.4, 0.5) is 4.39 Å². The second kappa shape index (κ2) is 11.6. The summed E-state index contributed by atoms with van der Waals surface area (Å²) in [7, 11) is 0. The van der Waals surface area contributed by atoms with Crippen LogP contribution in [0.1, 0.15) is 70.6 Å². The SMILES string of the molecule is CCCC(c1ccc(C(=O)NCCC(=O)O)cc1)C(c1cccc(Cl)c1)c1c[nH]c2c(F)cc(C)cc12. The van der Waals surface area contributed by atoms with Gasteiger partial charge in [-0.15, -0.1) is 0 Å². The molecule has 4 rings (SSSR count). The lowest BCUT2D eigenvalue weighted by atomic mass is 9.75. The Morgan fingerprint density at radius 2 is 1.84 bits per heavy atom. The van der Waals surface area contributed by atoms with Crippen LogP contribution in [-0.4, -0.2) is 28.5 Å². The van der Waals surface area contributed by atoms with Gasteiger partial charge >= 0.3 is 5.97 Å². The lowest BCUT2D eigenvalue weighted by Gasteiger charge is -2.28. The fraction of sp³-hybridized carbons (Fsp3) is 0.267. The molecule has 0 spiro atoms. The van der Waals surface area contributed by atoms with Gasteiger partial charge in [-0.1, -0.05) is 49.2 Å². The lowest BCUT2D eigenvalue weighted by molar-refractivity contribution is -0.136. The van der Waals surface area contributed by atoms with Gasteiger partial charge in [-0.25, -0.2) is 4.39 Å². The van der Waals surface area contributed by atoms with Crippen molar-refractivity contribution in [3.8, 4) is 0 Å². The fourth-order valence-electron chi connectivity index (χ4n) is 5.03. The van der Waals surface area contributed by atoms with E-state index in [9.17, 15) is 14.0 Å². The highest BCUT2D eigenvalue weighted by molar-refractivity contribution is 6.30. The number of carbonyl (C=O) groups is 2. The predicted molar refractivity (Wildman–Crippen MR) is 145 cm³/mol. The molecular weight excluding hydrogens is 491 g/mol. The molecule has 1 heterocycles. The summed E-state index contributed by atoms with van der Waals surface area (Å²) in [5.74, 6) is -1.62. The van der Waals surface area contributed by atoms with E-state index >= 15 is 0 Å². The third kappa shape index (κ3) is 6.03. The quantitative estimate of drug-likeness (QED) is 0.207. The lowest BCUT2D eigenvalue weighted by Crippen LogP contribution is -2.26. The van der Waals surface area contributed by atoms with E-state index in [1.165, 1.54) is 6.07 Å². The van der Waals surface area contributed by atoms with Crippen LogP contribution in [0.5, 0.6) is 0 Å². The van der Waals surface area contributed by atoms with Crippen molar-refractivity contribution in [1.29, 1.82) is 0 Å². The van der Waals surface area contributed by atoms with Crippen molar-refractivity contribution in [3.63, 3.8) is 0 Å². The number of benzene rings is 3. The van der Waals surface area contributed by atoms with Crippen molar-refractivity contribution in [1.82, 2.24) is 10.3 Å². The number of carbonyl (C=O) groups excluding carboxylic acids is 1. The molecule has 4 aromatic rings. The number of carboxylic acid groups (broad SMARTS) is 1. The normalized spacial score (nSPS) is 12.9. The van der Waals surface area contributed by atoms with E-state index in [2.05, 4.69) is 23.3 Å². The van der Waals surface area contributed by atoms with E-state index < -0.39 is 5.97 Å². The maximum atomic E-state index is 14.8. The summed E-state index contributed by atoms with van der Waals surface area (Å²) >= 11 is 6.41. The molecule has 2 atom stereocenters. The number of aromatic nitrogens is 1. The predicted octanol–water partition coefficient (Wildman–Crippen LogP) is 7.19. The molecule has 2 unspecified atom stereocenters. The van der Waals surface area contributed by atoms with Crippen molar-refractivity contribution < 1.29 is 19.1 Å². The summed E-state index contributed by atoms with van der Waals surface area (Å²) in [4.78, 5) is 26.3. The van der Waals surface area contributed by atoms with Gasteiger partial charge in [-0.3, -0.25) is 9.59 Å². The largest absolute Gasteiger partial charge is 0.481 e. The van der Waals surface area contributed by atoms with Crippen LogP contribution in [0.15, 0.2) is 66.9 Å². The van der Waals surface area contributed by atoms with Gasteiger partial charge in [0, 0.05) is 34.6 Å². The zero-order valence-corrected chi connectivity index (χ0v) is 21.6. The number of amides is 1. The van der Waals surface area contributed by atoms with Gasteiger partial charge in [0.2, 0.25) is 0 Å². The molecule has 0 aliphatic rings. The minimum atomic E-state index is -0.961. The third-order valence-corrected chi connectivity index (χ3v) is 6.92. The van der Waals surface area contributed by atoms with E-state index in [0.717, 1.165) is 40.5 Å². The fourth-order valence-corrected chi connectivity index (χ4v) is 5.23. The van der Waals surface area contributed by atoms with Crippen LogP contribution >= 0.6 is 11.6 Å². The molecule has 3 N–H and O–H groups in total. The smallest absolute Gasteiger partial charge is 0.305 e. The van der Waals surface area contributed by atoms with Crippen LogP contribution in [-0.2, 0) is 4.79 Å². The Labute approximate surface area is 220 Å². The minimum Gasteiger partial charge on any atom is -0.481 e. The summed E-state index contributed by atoms with van der Waals surface area (Å²) in [6, 6.07) is 18.8.